The average molecular weight is 306 g/mol. The Morgan fingerprint density at radius 3 is 2.36 bits per heavy atom. The van der Waals surface area contributed by atoms with Crippen molar-refractivity contribution in [2.45, 2.75) is 44.1 Å². The van der Waals surface area contributed by atoms with E-state index >= 15 is 0 Å². The van der Waals surface area contributed by atoms with E-state index in [0.29, 0.717) is 19.3 Å². The minimum absolute atomic E-state index is 0.140. The minimum Gasteiger partial charge on any atom is -0.348 e. The lowest BCUT2D eigenvalue weighted by Gasteiger charge is -2.39. The molecule has 1 aliphatic carbocycles. The van der Waals surface area contributed by atoms with E-state index in [9.17, 15) is 10.1 Å². The van der Waals surface area contributed by atoms with Crippen LogP contribution in [0.15, 0.2) is 24.3 Å². The quantitative estimate of drug-likeness (QED) is 0.632. The molecule has 1 saturated carbocycles. The van der Waals surface area contributed by atoms with Crippen LogP contribution in [-0.2, 0) is 16.0 Å². The van der Waals surface area contributed by atoms with Crippen LogP contribution in [0.5, 0.6) is 0 Å². The van der Waals surface area contributed by atoms with Gasteiger partial charge in [0.1, 0.15) is 0 Å². The molecule has 1 saturated heterocycles. The standard InChI is InChI=1S/C16H22N2O4/c1-17(12-13-2-4-15(5-3-13)18(19)20)14-6-8-16(9-7-14)21-10-11-22-16/h2-5,14H,6-12H2,1H3. The van der Waals surface area contributed by atoms with Gasteiger partial charge in [0, 0.05) is 37.6 Å². The molecule has 2 aliphatic rings. The van der Waals surface area contributed by atoms with E-state index in [0.717, 1.165) is 37.8 Å². The molecule has 1 aromatic carbocycles. The fourth-order valence-corrected chi connectivity index (χ4v) is 3.41. The van der Waals surface area contributed by atoms with Crippen molar-refractivity contribution in [1.82, 2.24) is 4.90 Å². The summed E-state index contributed by atoms with van der Waals surface area (Å²) in [5.74, 6) is -0.315. The fraction of sp³-hybridized carbons (Fsp3) is 0.625. The Bertz CT molecular complexity index is 515. The molecule has 0 atom stereocenters. The van der Waals surface area contributed by atoms with E-state index in [4.69, 9.17) is 9.47 Å². The first-order valence-electron chi connectivity index (χ1n) is 7.79. The predicted octanol–water partition coefficient (Wildman–Crippen LogP) is 2.71. The first kappa shape index (κ1) is 15.4. The SMILES string of the molecule is CN(Cc1ccc([N+](=O)[O-])cc1)C1CCC2(CC1)OCCO2. The van der Waals surface area contributed by atoms with Crippen molar-refractivity contribution in [3.05, 3.63) is 39.9 Å². The Kier molecular flexibility index (Phi) is 4.42. The van der Waals surface area contributed by atoms with Gasteiger partial charge in [-0.3, -0.25) is 15.0 Å². The molecule has 0 aromatic heterocycles. The Balaban J connectivity index is 1.54. The van der Waals surface area contributed by atoms with Gasteiger partial charge in [0.05, 0.1) is 18.1 Å². The summed E-state index contributed by atoms with van der Waals surface area (Å²) in [5.41, 5.74) is 1.24. The van der Waals surface area contributed by atoms with Gasteiger partial charge in [-0.1, -0.05) is 12.1 Å². The van der Waals surface area contributed by atoms with Crippen LogP contribution in [0, 0.1) is 10.1 Å². The molecule has 1 aromatic rings. The van der Waals surface area contributed by atoms with Crippen LogP contribution in [0.2, 0.25) is 0 Å². The summed E-state index contributed by atoms with van der Waals surface area (Å²) >= 11 is 0. The number of hydrogen-bond acceptors (Lipinski definition) is 5. The van der Waals surface area contributed by atoms with Crippen LogP contribution < -0.4 is 0 Å². The number of non-ortho nitro benzene ring substituents is 1. The molecule has 6 heteroatoms. The maximum absolute atomic E-state index is 10.7. The summed E-state index contributed by atoms with van der Waals surface area (Å²) in [6.45, 7) is 2.23. The van der Waals surface area contributed by atoms with Crippen molar-refractivity contribution in [2.75, 3.05) is 20.3 Å². The smallest absolute Gasteiger partial charge is 0.269 e. The summed E-state index contributed by atoms with van der Waals surface area (Å²) < 4.78 is 11.5. The van der Waals surface area contributed by atoms with Gasteiger partial charge >= 0.3 is 0 Å². The zero-order valence-corrected chi connectivity index (χ0v) is 12.9. The van der Waals surface area contributed by atoms with Crippen molar-refractivity contribution in [3.8, 4) is 0 Å². The van der Waals surface area contributed by atoms with Gasteiger partial charge in [0.2, 0.25) is 0 Å². The van der Waals surface area contributed by atoms with Gasteiger partial charge < -0.3 is 9.47 Å². The van der Waals surface area contributed by atoms with Gasteiger partial charge in [-0.25, -0.2) is 0 Å². The Hall–Kier alpha value is -1.50. The number of rotatable bonds is 4. The van der Waals surface area contributed by atoms with Crippen molar-refractivity contribution in [3.63, 3.8) is 0 Å². The van der Waals surface area contributed by atoms with Gasteiger partial charge in [-0.2, -0.15) is 0 Å². The lowest BCUT2D eigenvalue weighted by Crippen LogP contribution is -2.42. The summed E-state index contributed by atoms with van der Waals surface area (Å²) in [6, 6.07) is 7.32. The first-order valence-corrected chi connectivity index (χ1v) is 7.79. The number of ether oxygens (including phenoxy) is 2. The Morgan fingerprint density at radius 2 is 1.82 bits per heavy atom. The third-order valence-corrected chi connectivity index (χ3v) is 4.73. The van der Waals surface area contributed by atoms with E-state index in [1.807, 2.05) is 12.1 Å². The maximum atomic E-state index is 10.7. The molecule has 0 amide bonds. The second-order valence-electron chi connectivity index (χ2n) is 6.18. The molecule has 3 rings (SSSR count). The summed E-state index contributed by atoms with van der Waals surface area (Å²) in [6.07, 6.45) is 4.01. The molecular weight excluding hydrogens is 284 g/mol. The van der Waals surface area contributed by atoms with Crippen LogP contribution in [0.1, 0.15) is 31.2 Å². The van der Waals surface area contributed by atoms with Crippen LogP contribution in [0.3, 0.4) is 0 Å². The Morgan fingerprint density at radius 1 is 1.23 bits per heavy atom. The number of nitrogens with zero attached hydrogens (tertiary/aromatic N) is 2. The minimum atomic E-state index is -0.365. The molecule has 22 heavy (non-hydrogen) atoms. The highest BCUT2D eigenvalue weighted by Gasteiger charge is 2.40. The van der Waals surface area contributed by atoms with Crippen LogP contribution >= 0.6 is 0 Å². The number of hydrogen-bond donors (Lipinski definition) is 0. The van der Waals surface area contributed by atoms with Gasteiger partial charge in [0.25, 0.3) is 5.69 Å². The lowest BCUT2D eigenvalue weighted by atomic mass is 9.89. The zero-order valence-electron chi connectivity index (χ0n) is 12.9. The number of nitro groups is 1. The molecule has 0 bridgehead atoms. The second kappa shape index (κ2) is 6.32. The van der Waals surface area contributed by atoms with E-state index in [1.54, 1.807) is 12.1 Å². The van der Waals surface area contributed by atoms with Gasteiger partial charge in [-0.15, -0.1) is 0 Å². The largest absolute Gasteiger partial charge is 0.348 e. The monoisotopic (exact) mass is 306 g/mol. The van der Waals surface area contributed by atoms with Crippen molar-refractivity contribution in [2.24, 2.45) is 0 Å². The summed E-state index contributed by atoms with van der Waals surface area (Å²) in [4.78, 5) is 12.6. The molecule has 0 N–H and O–H groups in total. The third kappa shape index (κ3) is 3.29. The molecular formula is C16H22N2O4. The van der Waals surface area contributed by atoms with Gasteiger partial charge in [-0.05, 0) is 25.5 Å². The second-order valence-corrected chi connectivity index (χ2v) is 6.18. The number of benzene rings is 1. The maximum Gasteiger partial charge on any atom is 0.269 e. The molecule has 6 nitrogen and oxygen atoms in total. The zero-order chi connectivity index (χ0) is 15.6. The van der Waals surface area contributed by atoms with E-state index < -0.39 is 0 Å². The lowest BCUT2D eigenvalue weighted by molar-refractivity contribution is -0.384. The highest BCUT2D eigenvalue weighted by atomic mass is 16.7. The third-order valence-electron chi connectivity index (χ3n) is 4.73. The topological polar surface area (TPSA) is 64.8 Å². The van der Waals surface area contributed by atoms with E-state index in [2.05, 4.69) is 11.9 Å². The molecule has 1 heterocycles. The van der Waals surface area contributed by atoms with Crippen molar-refractivity contribution in [1.29, 1.82) is 0 Å². The highest BCUT2D eigenvalue weighted by Crippen LogP contribution is 2.37. The highest BCUT2D eigenvalue weighted by molar-refractivity contribution is 5.32. The molecule has 120 valence electrons. The van der Waals surface area contributed by atoms with E-state index in [-0.39, 0.29) is 16.4 Å². The molecule has 1 spiro atoms. The van der Waals surface area contributed by atoms with Crippen LogP contribution in [0.4, 0.5) is 5.69 Å². The van der Waals surface area contributed by atoms with Crippen molar-refractivity contribution >= 4 is 5.69 Å². The molecule has 0 radical (unpaired) electrons. The van der Waals surface area contributed by atoms with Crippen molar-refractivity contribution < 1.29 is 14.4 Å². The number of nitro benzene ring substituents is 1. The first-order chi connectivity index (χ1) is 10.6. The molecule has 2 fully saturated rings. The fourth-order valence-electron chi connectivity index (χ4n) is 3.41. The van der Waals surface area contributed by atoms with Crippen LogP contribution in [0.25, 0.3) is 0 Å². The normalized spacial score (nSPS) is 21.5. The molecule has 1 aliphatic heterocycles. The Labute approximate surface area is 130 Å². The predicted molar refractivity (Wildman–Crippen MR) is 81.5 cm³/mol. The summed E-state index contributed by atoms with van der Waals surface area (Å²) in [7, 11) is 2.11. The van der Waals surface area contributed by atoms with Gasteiger partial charge in [0.15, 0.2) is 5.79 Å². The van der Waals surface area contributed by atoms with Crippen LogP contribution in [-0.4, -0.2) is 41.9 Å². The summed E-state index contributed by atoms with van der Waals surface area (Å²) in [5, 5.41) is 10.7. The molecule has 0 unspecified atom stereocenters. The average Bonchev–Trinajstić information content (AvgIpc) is 2.96. The van der Waals surface area contributed by atoms with E-state index in [1.165, 1.54) is 0 Å².